The maximum atomic E-state index is 9.86. The van der Waals surface area contributed by atoms with Crippen molar-refractivity contribution in [3.8, 4) is 0 Å². The molecule has 0 aromatic rings. The van der Waals surface area contributed by atoms with Gasteiger partial charge in [-0.05, 0) is 0 Å². The molecule has 6 heteroatoms. The van der Waals surface area contributed by atoms with E-state index in [1.54, 1.807) is 0 Å². The molecular formula is CH4NO3PS. The largest absolute Gasteiger partial charge is 0.598 e. The van der Waals surface area contributed by atoms with Gasteiger partial charge in [0.1, 0.15) is 0 Å². The second kappa shape index (κ2) is 1.86. The average Bonchev–Trinajstić information content (AvgIpc) is 1.31. The van der Waals surface area contributed by atoms with E-state index < -0.39 is 16.6 Å². The molecule has 4 nitrogen and oxygen atoms in total. The quantitative estimate of drug-likeness (QED) is 0.498. The van der Waals surface area contributed by atoms with Crippen molar-refractivity contribution in [2.45, 2.75) is 0 Å². The van der Waals surface area contributed by atoms with Gasteiger partial charge in [-0.2, -0.15) is 8.42 Å². The molecule has 1 unspecified atom stereocenters. The SMILES string of the molecule is CS(=O)(=O)[P+](=N)[O-]. The van der Waals surface area contributed by atoms with Crippen LogP contribution in [0, 0.1) is 5.16 Å². The fraction of sp³-hybridized carbons (Fsp3) is 1.00. The summed E-state index contributed by atoms with van der Waals surface area (Å²) in [5.74, 6) is 0. The lowest BCUT2D eigenvalue weighted by Gasteiger charge is -1.82. The second-order valence-electron chi connectivity index (χ2n) is 0.990. The molecule has 42 valence electrons. The molecule has 0 aliphatic heterocycles. The summed E-state index contributed by atoms with van der Waals surface area (Å²) in [6, 6.07) is 0. The molecule has 0 saturated carbocycles. The summed E-state index contributed by atoms with van der Waals surface area (Å²) in [6.45, 7) is 0. The first-order chi connectivity index (χ1) is 2.94. The Kier molecular flexibility index (Phi) is 1.86. The maximum Gasteiger partial charge on any atom is 0.321 e. The Morgan fingerprint density at radius 1 is 1.71 bits per heavy atom. The normalized spacial score (nSPS) is 13.7. The van der Waals surface area contributed by atoms with Crippen LogP contribution in [0.3, 0.4) is 0 Å². The first-order valence-electron chi connectivity index (χ1n) is 1.33. The van der Waals surface area contributed by atoms with E-state index in [1.165, 1.54) is 0 Å². The monoisotopic (exact) mass is 141 g/mol. The minimum atomic E-state index is -3.56. The Balaban J connectivity index is 4.43. The summed E-state index contributed by atoms with van der Waals surface area (Å²) in [7, 11) is -6.33. The van der Waals surface area contributed by atoms with E-state index >= 15 is 0 Å². The molecule has 0 aromatic heterocycles. The predicted molar refractivity (Wildman–Crippen MR) is 24.5 cm³/mol. The zero-order valence-corrected chi connectivity index (χ0v) is 5.29. The lowest BCUT2D eigenvalue weighted by atomic mass is 12.0. The lowest BCUT2D eigenvalue weighted by molar-refractivity contribution is -0.150. The zero-order valence-electron chi connectivity index (χ0n) is 3.58. The fourth-order valence-corrected chi connectivity index (χ4v) is 0. The Hall–Kier alpha value is 0.01000. The molecule has 0 saturated heterocycles. The van der Waals surface area contributed by atoms with Gasteiger partial charge < -0.3 is 4.89 Å². The third kappa shape index (κ3) is 2.68. The van der Waals surface area contributed by atoms with Crippen molar-refractivity contribution < 1.29 is 13.3 Å². The van der Waals surface area contributed by atoms with Gasteiger partial charge >= 0.3 is 9.46 Å². The molecule has 0 rings (SSSR count). The Morgan fingerprint density at radius 2 is 1.86 bits per heavy atom. The van der Waals surface area contributed by atoms with Gasteiger partial charge in [0.25, 0.3) is 7.14 Å². The molecule has 0 fully saturated rings. The van der Waals surface area contributed by atoms with Gasteiger partial charge in [-0.1, -0.05) is 0 Å². The van der Waals surface area contributed by atoms with Crippen molar-refractivity contribution in [2.75, 3.05) is 6.26 Å². The van der Waals surface area contributed by atoms with Gasteiger partial charge in [-0.15, -0.1) is 5.16 Å². The van der Waals surface area contributed by atoms with Crippen molar-refractivity contribution in [1.82, 2.24) is 0 Å². The van der Waals surface area contributed by atoms with E-state index in [0.29, 0.717) is 0 Å². The van der Waals surface area contributed by atoms with Gasteiger partial charge in [0, 0.05) is 0 Å². The van der Waals surface area contributed by atoms with Crippen LogP contribution >= 0.6 is 7.14 Å². The third-order valence-corrected chi connectivity index (χ3v) is 2.71. The van der Waals surface area contributed by atoms with Crippen molar-refractivity contribution in [3.05, 3.63) is 0 Å². The lowest BCUT2D eigenvalue weighted by Crippen LogP contribution is -1.96. The summed E-state index contributed by atoms with van der Waals surface area (Å²) < 4.78 is 19.7. The van der Waals surface area contributed by atoms with E-state index in [-0.39, 0.29) is 0 Å². The van der Waals surface area contributed by atoms with Gasteiger partial charge in [-0.3, -0.25) is 0 Å². The van der Waals surface area contributed by atoms with Crippen LogP contribution in [0.5, 0.6) is 0 Å². The van der Waals surface area contributed by atoms with Crippen LogP contribution < -0.4 is 4.89 Å². The minimum absolute atomic E-state index is 0.763. The topological polar surface area (TPSA) is 81.0 Å². The first kappa shape index (κ1) is 7.01. The van der Waals surface area contributed by atoms with Crippen molar-refractivity contribution in [2.24, 2.45) is 0 Å². The number of rotatable bonds is 1. The van der Waals surface area contributed by atoms with Crippen LogP contribution in [-0.4, -0.2) is 14.7 Å². The van der Waals surface area contributed by atoms with Gasteiger partial charge in [-0.25, -0.2) is 0 Å². The molecule has 1 atom stereocenters. The Labute approximate surface area is 42.2 Å². The molecule has 0 spiro atoms. The van der Waals surface area contributed by atoms with Crippen molar-refractivity contribution in [1.29, 1.82) is 5.16 Å². The van der Waals surface area contributed by atoms with Gasteiger partial charge in [0.2, 0.25) is 0 Å². The van der Waals surface area contributed by atoms with E-state index in [2.05, 4.69) is 0 Å². The van der Waals surface area contributed by atoms with Crippen molar-refractivity contribution in [3.63, 3.8) is 0 Å². The highest BCUT2D eigenvalue weighted by Gasteiger charge is 2.09. The van der Waals surface area contributed by atoms with Crippen LogP contribution in [0.1, 0.15) is 0 Å². The summed E-state index contributed by atoms with van der Waals surface area (Å²) in [6.07, 6.45) is 0.763. The molecular weight excluding hydrogens is 137 g/mol. The van der Waals surface area contributed by atoms with E-state index in [1.807, 2.05) is 0 Å². The van der Waals surface area contributed by atoms with Crippen LogP contribution in [0.15, 0.2) is 0 Å². The van der Waals surface area contributed by atoms with Crippen LogP contribution in [-0.2, 0) is 9.46 Å². The van der Waals surface area contributed by atoms with Gasteiger partial charge in [0.15, 0.2) is 0 Å². The Morgan fingerprint density at radius 3 is 1.86 bits per heavy atom. The van der Waals surface area contributed by atoms with Crippen molar-refractivity contribution >= 4 is 16.6 Å². The zero-order chi connectivity index (χ0) is 6.08. The molecule has 7 heavy (non-hydrogen) atoms. The van der Waals surface area contributed by atoms with Gasteiger partial charge in [0.05, 0.1) is 6.26 Å². The predicted octanol–water partition coefficient (Wildman–Crippen LogP) is -0.534. The van der Waals surface area contributed by atoms with E-state index in [0.717, 1.165) is 6.26 Å². The first-order valence-corrected chi connectivity index (χ1v) is 5.09. The molecule has 0 aliphatic rings. The number of hydrogen-bond donors (Lipinski definition) is 1. The van der Waals surface area contributed by atoms with E-state index in [4.69, 9.17) is 5.16 Å². The molecule has 0 amide bonds. The smallest absolute Gasteiger partial charge is 0.321 e. The summed E-state index contributed by atoms with van der Waals surface area (Å²) in [5.41, 5.74) is 0. The highest BCUT2D eigenvalue weighted by Crippen LogP contribution is 2.16. The summed E-state index contributed by atoms with van der Waals surface area (Å²) in [4.78, 5) is 9.69. The number of hydrogen-bond acceptors (Lipinski definition) is 4. The maximum absolute atomic E-state index is 9.86. The number of nitrogens with one attached hydrogen (secondary N) is 1. The standard InChI is InChI=1S/CH4NO3PS/c1-7(4,5)6(2)3/h2H,1H3. The molecule has 0 radical (unpaired) electrons. The molecule has 0 aromatic carbocycles. The average molecular weight is 141 g/mol. The molecule has 0 bridgehead atoms. The molecule has 0 heterocycles. The fourth-order valence-electron chi connectivity index (χ4n) is 0. The second-order valence-corrected chi connectivity index (χ2v) is 5.96. The third-order valence-electron chi connectivity index (χ3n) is 0.301. The highest BCUT2D eigenvalue weighted by atomic mass is 32.8. The highest BCUT2D eigenvalue weighted by molar-refractivity contribution is 8.43. The molecule has 0 aliphatic carbocycles. The minimum Gasteiger partial charge on any atom is -0.598 e. The Bertz CT molecular complexity index is 169. The van der Waals surface area contributed by atoms with E-state index in [9.17, 15) is 13.3 Å². The summed E-state index contributed by atoms with van der Waals surface area (Å²) in [5, 5.41) is 6.15. The summed E-state index contributed by atoms with van der Waals surface area (Å²) >= 11 is 0. The van der Waals surface area contributed by atoms with Crippen LogP contribution in [0.25, 0.3) is 0 Å². The van der Waals surface area contributed by atoms with Crippen LogP contribution in [0.2, 0.25) is 0 Å². The van der Waals surface area contributed by atoms with Crippen LogP contribution in [0.4, 0.5) is 0 Å². The molecule has 1 N–H and O–H groups in total.